The highest BCUT2D eigenvalue weighted by Crippen LogP contribution is 2.09. The number of carbonyl (C=O) groups excluding carboxylic acids is 1. The largest absolute Gasteiger partial charge is 0.338 e. The van der Waals surface area contributed by atoms with Crippen LogP contribution in [-0.4, -0.2) is 24.9 Å². The third-order valence-corrected chi connectivity index (χ3v) is 0.917. The van der Waals surface area contributed by atoms with Crippen molar-refractivity contribution < 1.29 is 13.6 Å². The molecule has 0 bridgehead atoms. The van der Waals surface area contributed by atoms with Crippen LogP contribution in [0.5, 0.6) is 0 Å². The fraction of sp³-hybridized carbons (Fsp3) is 0.600. The van der Waals surface area contributed by atoms with Crippen LogP contribution in [0, 0.1) is 11.3 Å². The number of nitrogens with zero attached hydrogens (tertiary/aromatic N) is 1. The van der Waals surface area contributed by atoms with Gasteiger partial charge in [0.1, 0.15) is 6.54 Å². The molecule has 11 heavy (non-hydrogen) atoms. The maximum absolute atomic E-state index is 12.2. The van der Waals surface area contributed by atoms with E-state index in [0.29, 0.717) is 0 Å². The molecule has 0 aliphatic carbocycles. The van der Waals surface area contributed by atoms with Gasteiger partial charge in [-0.15, -0.1) is 0 Å². The molecule has 0 fully saturated rings. The number of carbonyl (C=O) groups is 1. The van der Waals surface area contributed by atoms with Gasteiger partial charge in [-0.1, -0.05) is 0 Å². The topological polar surface area (TPSA) is 78.9 Å². The van der Waals surface area contributed by atoms with Gasteiger partial charge in [-0.05, 0) is 0 Å². The summed E-state index contributed by atoms with van der Waals surface area (Å²) in [6.45, 7) is -1.49. The molecule has 0 saturated heterocycles. The molecule has 0 aromatic carbocycles. The summed E-state index contributed by atoms with van der Waals surface area (Å²) < 4.78 is 24.4. The minimum absolute atomic E-state index is 0.436. The van der Waals surface area contributed by atoms with Crippen molar-refractivity contribution in [3.05, 3.63) is 0 Å². The summed E-state index contributed by atoms with van der Waals surface area (Å²) in [6, 6.07) is 1.49. The van der Waals surface area contributed by atoms with Crippen LogP contribution in [0.2, 0.25) is 0 Å². The van der Waals surface area contributed by atoms with Gasteiger partial charge >= 0.3 is 5.92 Å². The lowest BCUT2D eigenvalue weighted by Crippen LogP contribution is -2.45. The molecule has 4 nitrogen and oxygen atoms in total. The Hall–Kier alpha value is -1.22. The second-order valence-electron chi connectivity index (χ2n) is 1.75. The summed E-state index contributed by atoms with van der Waals surface area (Å²) in [5.74, 6) is -5.09. The molecule has 0 radical (unpaired) electrons. The van der Waals surface area contributed by atoms with Crippen molar-refractivity contribution in [3.8, 4) is 6.07 Å². The Morgan fingerprint density at radius 2 is 2.27 bits per heavy atom. The van der Waals surface area contributed by atoms with Crippen molar-refractivity contribution in [2.75, 3.05) is 13.1 Å². The van der Waals surface area contributed by atoms with E-state index in [-0.39, 0.29) is 0 Å². The molecule has 0 aromatic heterocycles. The molecular formula is C5H7F2N3O. The van der Waals surface area contributed by atoms with Gasteiger partial charge in [0.05, 0.1) is 12.6 Å². The first-order valence-electron chi connectivity index (χ1n) is 2.77. The highest BCUT2D eigenvalue weighted by atomic mass is 19.3. The number of nitrogens with one attached hydrogen (secondary N) is 1. The minimum Gasteiger partial charge on any atom is -0.338 e. The number of nitriles is 1. The van der Waals surface area contributed by atoms with Crippen LogP contribution in [0.3, 0.4) is 0 Å². The zero-order valence-corrected chi connectivity index (χ0v) is 5.60. The van der Waals surface area contributed by atoms with E-state index in [0.717, 1.165) is 0 Å². The van der Waals surface area contributed by atoms with E-state index < -0.39 is 24.9 Å². The van der Waals surface area contributed by atoms with Gasteiger partial charge in [0.15, 0.2) is 0 Å². The average Bonchev–Trinajstić information content (AvgIpc) is 2.00. The van der Waals surface area contributed by atoms with E-state index in [2.05, 4.69) is 5.73 Å². The third-order valence-electron chi connectivity index (χ3n) is 0.917. The van der Waals surface area contributed by atoms with Gasteiger partial charge < -0.3 is 11.1 Å². The SMILES string of the molecule is N#CCNC(=O)C(F)(F)CN. The van der Waals surface area contributed by atoms with Crippen LogP contribution >= 0.6 is 0 Å². The van der Waals surface area contributed by atoms with Crippen molar-refractivity contribution in [1.82, 2.24) is 5.32 Å². The van der Waals surface area contributed by atoms with Crippen molar-refractivity contribution in [2.45, 2.75) is 5.92 Å². The van der Waals surface area contributed by atoms with Crippen LogP contribution in [0.1, 0.15) is 0 Å². The van der Waals surface area contributed by atoms with Crippen LogP contribution in [-0.2, 0) is 4.79 Å². The molecular weight excluding hydrogens is 156 g/mol. The first-order valence-corrected chi connectivity index (χ1v) is 2.77. The van der Waals surface area contributed by atoms with Gasteiger partial charge in [0.2, 0.25) is 0 Å². The highest BCUT2D eigenvalue weighted by Gasteiger charge is 2.36. The molecule has 6 heteroatoms. The molecule has 0 spiro atoms. The smallest absolute Gasteiger partial charge is 0.336 e. The maximum Gasteiger partial charge on any atom is 0.336 e. The Bertz CT molecular complexity index is 187. The van der Waals surface area contributed by atoms with Gasteiger partial charge in [-0.2, -0.15) is 14.0 Å². The van der Waals surface area contributed by atoms with Gasteiger partial charge in [-0.3, -0.25) is 4.79 Å². The summed E-state index contributed by atoms with van der Waals surface area (Å²) in [6.07, 6.45) is 0. The number of alkyl halides is 2. The molecule has 0 unspecified atom stereocenters. The molecule has 0 aromatic rings. The number of halogens is 2. The maximum atomic E-state index is 12.2. The van der Waals surface area contributed by atoms with Crippen LogP contribution in [0.15, 0.2) is 0 Å². The third kappa shape index (κ3) is 2.91. The second kappa shape index (κ2) is 3.83. The molecule has 0 atom stereocenters. The summed E-state index contributed by atoms with van der Waals surface area (Å²) in [4.78, 5) is 10.4. The number of hydrogen-bond acceptors (Lipinski definition) is 3. The fourth-order valence-electron chi connectivity index (χ4n) is 0.342. The number of hydrogen-bond donors (Lipinski definition) is 2. The van der Waals surface area contributed by atoms with Crippen molar-refractivity contribution in [1.29, 1.82) is 5.26 Å². The quantitative estimate of drug-likeness (QED) is 0.535. The zero-order chi connectivity index (χ0) is 8.91. The van der Waals surface area contributed by atoms with Gasteiger partial charge in [0, 0.05) is 0 Å². The van der Waals surface area contributed by atoms with Gasteiger partial charge in [-0.25, -0.2) is 0 Å². The molecule has 3 N–H and O–H groups in total. The lowest BCUT2D eigenvalue weighted by molar-refractivity contribution is -0.143. The van der Waals surface area contributed by atoms with Crippen molar-refractivity contribution in [3.63, 3.8) is 0 Å². The summed E-state index contributed by atoms with van der Waals surface area (Å²) in [7, 11) is 0. The summed E-state index contributed by atoms with van der Waals surface area (Å²) >= 11 is 0. The summed E-state index contributed by atoms with van der Waals surface area (Å²) in [5.41, 5.74) is 4.59. The van der Waals surface area contributed by atoms with Crippen LogP contribution < -0.4 is 11.1 Å². The van der Waals surface area contributed by atoms with E-state index >= 15 is 0 Å². The molecule has 0 saturated carbocycles. The van der Waals surface area contributed by atoms with Crippen molar-refractivity contribution in [2.24, 2.45) is 5.73 Å². The Balaban J connectivity index is 3.94. The van der Waals surface area contributed by atoms with E-state index in [4.69, 9.17) is 5.26 Å². The zero-order valence-electron chi connectivity index (χ0n) is 5.60. The standard InChI is InChI=1S/C5H7F2N3O/c6-5(7,3-9)4(11)10-2-1-8/h2-3,9H2,(H,10,11). The predicted molar refractivity (Wildman–Crippen MR) is 32.6 cm³/mol. The van der Waals surface area contributed by atoms with Crippen molar-refractivity contribution >= 4 is 5.91 Å². The normalized spacial score (nSPS) is 10.4. The number of rotatable bonds is 3. The Morgan fingerprint density at radius 1 is 1.73 bits per heavy atom. The monoisotopic (exact) mass is 163 g/mol. The Labute approximate surface area is 62.0 Å². The van der Waals surface area contributed by atoms with Gasteiger partial charge in [0.25, 0.3) is 5.91 Å². The lowest BCUT2D eigenvalue weighted by Gasteiger charge is -2.11. The lowest BCUT2D eigenvalue weighted by atomic mass is 10.3. The summed E-state index contributed by atoms with van der Waals surface area (Å²) in [5, 5.41) is 9.61. The van der Waals surface area contributed by atoms with E-state index in [1.54, 1.807) is 5.32 Å². The van der Waals surface area contributed by atoms with E-state index in [1.807, 2.05) is 0 Å². The molecule has 0 rings (SSSR count). The molecule has 0 aliphatic rings. The highest BCUT2D eigenvalue weighted by molar-refractivity contribution is 5.83. The average molecular weight is 163 g/mol. The molecule has 0 heterocycles. The molecule has 1 amide bonds. The molecule has 0 aliphatic heterocycles. The fourth-order valence-corrected chi connectivity index (χ4v) is 0.342. The van der Waals surface area contributed by atoms with E-state index in [1.165, 1.54) is 6.07 Å². The first kappa shape index (κ1) is 9.78. The van der Waals surface area contributed by atoms with E-state index in [9.17, 15) is 13.6 Å². The second-order valence-corrected chi connectivity index (χ2v) is 1.75. The van der Waals surface area contributed by atoms with Crippen LogP contribution in [0.4, 0.5) is 8.78 Å². The Kier molecular flexibility index (Phi) is 3.40. The Morgan fingerprint density at radius 3 is 2.64 bits per heavy atom. The minimum atomic E-state index is -3.57. The number of amides is 1. The first-order chi connectivity index (χ1) is 5.04. The molecule has 62 valence electrons. The number of nitrogens with two attached hydrogens (primary N) is 1. The van der Waals surface area contributed by atoms with Crippen LogP contribution in [0.25, 0.3) is 0 Å². The predicted octanol–water partition coefficient (Wildman–Crippen LogP) is -0.780.